The van der Waals surface area contributed by atoms with Crippen molar-refractivity contribution in [2.24, 2.45) is 11.3 Å². The van der Waals surface area contributed by atoms with Crippen LogP contribution in [0.2, 0.25) is 0 Å². The van der Waals surface area contributed by atoms with Crippen LogP contribution in [0.4, 0.5) is 10.3 Å². The quantitative estimate of drug-likeness (QED) is 0.793. The van der Waals surface area contributed by atoms with Crippen molar-refractivity contribution < 1.29 is 13.9 Å². The van der Waals surface area contributed by atoms with E-state index >= 15 is 0 Å². The molecule has 0 aliphatic carbocycles. The fraction of sp³-hybridized carbons (Fsp3) is 0.476. The molecule has 1 aromatic carbocycles. The Kier molecular flexibility index (Phi) is 4.91. The number of fused-ring (bicyclic) bond motifs is 1. The molecule has 0 radical (unpaired) electrons. The number of aryl methyl sites for hydroxylation is 1. The van der Waals surface area contributed by atoms with Crippen molar-refractivity contribution in [3.63, 3.8) is 0 Å². The van der Waals surface area contributed by atoms with Gasteiger partial charge in [0.05, 0.1) is 13.3 Å². The summed E-state index contributed by atoms with van der Waals surface area (Å²) in [5, 5.41) is 0. The first-order chi connectivity index (χ1) is 13.5. The first-order valence-electron chi connectivity index (χ1n) is 9.62. The lowest BCUT2D eigenvalue weighted by Crippen LogP contribution is -2.36. The average molecular weight is 384 g/mol. The van der Waals surface area contributed by atoms with Crippen molar-refractivity contribution in [3.8, 4) is 5.88 Å². The number of hydrogen-bond donors (Lipinski definition) is 0. The normalized spacial score (nSPS) is 23.8. The van der Waals surface area contributed by atoms with Crippen LogP contribution in [0.25, 0.3) is 0 Å². The van der Waals surface area contributed by atoms with Crippen molar-refractivity contribution in [3.05, 3.63) is 47.9 Å². The summed E-state index contributed by atoms with van der Waals surface area (Å²) >= 11 is 0. The average Bonchev–Trinajstić information content (AvgIpc) is 3.22. The Hall–Kier alpha value is -2.70. The molecule has 2 aliphatic rings. The van der Waals surface area contributed by atoms with Crippen LogP contribution in [-0.2, 0) is 11.2 Å². The number of carbonyl (C=O) groups excluding carboxylic acids is 1. The Morgan fingerprint density at radius 2 is 2.07 bits per heavy atom. The Morgan fingerprint density at radius 3 is 2.79 bits per heavy atom. The number of amides is 1. The molecule has 0 bridgehead atoms. The zero-order valence-electron chi connectivity index (χ0n) is 16.3. The molecule has 2 saturated heterocycles. The monoisotopic (exact) mass is 384 g/mol. The van der Waals surface area contributed by atoms with Gasteiger partial charge in [0.2, 0.25) is 17.7 Å². The highest BCUT2D eigenvalue weighted by Gasteiger charge is 2.53. The zero-order chi connectivity index (χ0) is 19.7. The number of benzene rings is 1. The van der Waals surface area contributed by atoms with Crippen LogP contribution in [0.3, 0.4) is 0 Å². The van der Waals surface area contributed by atoms with E-state index in [1.54, 1.807) is 6.92 Å². The molecule has 7 heteroatoms. The summed E-state index contributed by atoms with van der Waals surface area (Å²) in [6.07, 6.45) is 3.11. The zero-order valence-corrected chi connectivity index (χ0v) is 16.3. The molecule has 1 aromatic heterocycles. The molecule has 2 aromatic rings. The van der Waals surface area contributed by atoms with Gasteiger partial charge in [0.25, 0.3) is 5.88 Å². The fourth-order valence-corrected chi connectivity index (χ4v) is 4.61. The van der Waals surface area contributed by atoms with E-state index in [1.165, 1.54) is 12.7 Å². The smallest absolute Gasteiger partial charge is 0.255 e. The van der Waals surface area contributed by atoms with Crippen molar-refractivity contribution in [2.75, 3.05) is 38.2 Å². The highest BCUT2D eigenvalue weighted by Crippen LogP contribution is 2.46. The van der Waals surface area contributed by atoms with E-state index < -0.39 is 5.82 Å². The van der Waals surface area contributed by atoms with E-state index in [-0.39, 0.29) is 17.2 Å². The second-order valence-corrected chi connectivity index (χ2v) is 7.85. The van der Waals surface area contributed by atoms with Crippen molar-refractivity contribution in [1.82, 2.24) is 14.9 Å². The van der Waals surface area contributed by atoms with Gasteiger partial charge >= 0.3 is 0 Å². The minimum atomic E-state index is -0.563. The lowest BCUT2D eigenvalue weighted by atomic mass is 9.76. The van der Waals surface area contributed by atoms with Crippen molar-refractivity contribution >= 4 is 11.9 Å². The number of methoxy groups -OCH3 is 1. The Morgan fingerprint density at radius 1 is 1.29 bits per heavy atom. The maximum Gasteiger partial charge on any atom is 0.255 e. The van der Waals surface area contributed by atoms with Crippen LogP contribution in [0.1, 0.15) is 18.9 Å². The van der Waals surface area contributed by atoms with Gasteiger partial charge in [-0.25, -0.2) is 4.98 Å². The summed E-state index contributed by atoms with van der Waals surface area (Å²) in [6.45, 7) is 4.64. The van der Waals surface area contributed by atoms with E-state index in [0.29, 0.717) is 11.9 Å². The highest BCUT2D eigenvalue weighted by molar-refractivity contribution is 5.73. The SMILES string of the molecule is COc1nc(N2C[C@H]3CN(C(C)=O)C[C@@]3(CCc3ccccc3)C2)ncc1F. The molecule has 4 rings (SSSR count). The summed E-state index contributed by atoms with van der Waals surface area (Å²) in [6, 6.07) is 10.4. The van der Waals surface area contributed by atoms with Gasteiger partial charge < -0.3 is 14.5 Å². The molecule has 1 amide bonds. The summed E-state index contributed by atoms with van der Waals surface area (Å²) in [4.78, 5) is 24.5. The van der Waals surface area contributed by atoms with E-state index in [0.717, 1.165) is 45.2 Å². The van der Waals surface area contributed by atoms with Crippen molar-refractivity contribution in [1.29, 1.82) is 0 Å². The van der Waals surface area contributed by atoms with Crippen LogP contribution in [0, 0.1) is 17.2 Å². The lowest BCUT2D eigenvalue weighted by Gasteiger charge is -2.29. The molecule has 0 unspecified atom stereocenters. The number of anilines is 1. The van der Waals surface area contributed by atoms with Gasteiger partial charge in [-0.2, -0.15) is 9.37 Å². The molecular weight excluding hydrogens is 359 g/mol. The number of ether oxygens (including phenoxy) is 1. The number of aromatic nitrogens is 2. The minimum Gasteiger partial charge on any atom is -0.479 e. The predicted molar refractivity (Wildman–Crippen MR) is 104 cm³/mol. The highest BCUT2D eigenvalue weighted by atomic mass is 19.1. The van der Waals surface area contributed by atoms with Crippen LogP contribution < -0.4 is 9.64 Å². The lowest BCUT2D eigenvalue weighted by molar-refractivity contribution is -0.128. The molecule has 148 valence electrons. The molecular formula is C21H25FN4O2. The first-order valence-corrected chi connectivity index (χ1v) is 9.62. The summed E-state index contributed by atoms with van der Waals surface area (Å²) in [7, 11) is 1.40. The number of likely N-dealkylation sites (tertiary alicyclic amines) is 1. The molecule has 6 nitrogen and oxygen atoms in total. The number of rotatable bonds is 5. The van der Waals surface area contributed by atoms with Gasteiger partial charge in [-0.15, -0.1) is 0 Å². The van der Waals surface area contributed by atoms with Crippen LogP contribution in [-0.4, -0.2) is 54.1 Å². The van der Waals surface area contributed by atoms with E-state index in [1.807, 2.05) is 11.0 Å². The Bertz CT molecular complexity index is 863. The number of carbonyl (C=O) groups is 1. The first kappa shape index (κ1) is 18.7. The van der Waals surface area contributed by atoms with Crippen LogP contribution >= 0.6 is 0 Å². The topological polar surface area (TPSA) is 58.6 Å². The Labute approximate surface area is 164 Å². The molecule has 2 aliphatic heterocycles. The van der Waals surface area contributed by atoms with Gasteiger partial charge in [-0.05, 0) is 18.4 Å². The summed E-state index contributed by atoms with van der Waals surface area (Å²) in [5.74, 6) is 0.360. The molecule has 28 heavy (non-hydrogen) atoms. The molecule has 0 saturated carbocycles. The second kappa shape index (κ2) is 7.37. The molecule has 0 spiro atoms. The maximum atomic E-state index is 13.7. The molecule has 2 atom stereocenters. The Balaban J connectivity index is 1.56. The van der Waals surface area contributed by atoms with Gasteiger partial charge in [0.15, 0.2) is 0 Å². The number of halogens is 1. The van der Waals surface area contributed by atoms with Crippen molar-refractivity contribution in [2.45, 2.75) is 19.8 Å². The standard InChI is InChI=1S/C21H25FN4O2/c1-15(27)25-11-17-12-26(20-23-10-18(22)19(24-20)28-2)14-21(17,13-25)9-8-16-6-4-3-5-7-16/h3-7,10,17H,8-9,11-14H2,1-2H3/t17-,21+/m1/s1. The van der Waals surface area contributed by atoms with Crippen LogP contribution in [0.15, 0.2) is 36.5 Å². The third-order valence-electron chi connectivity index (χ3n) is 6.13. The third-order valence-corrected chi connectivity index (χ3v) is 6.13. The van der Waals surface area contributed by atoms with Gasteiger partial charge in [0, 0.05) is 44.4 Å². The fourth-order valence-electron chi connectivity index (χ4n) is 4.61. The van der Waals surface area contributed by atoms with Crippen LogP contribution in [0.5, 0.6) is 5.88 Å². The predicted octanol–water partition coefficient (Wildman–Crippen LogP) is 2.54. The second-order valence-electron chi connectivity index (χ2n) is 7.85. The minimum absolute atomic E-state index is 0.00745. The number of hydrogen-bond acceptors (Lipinski definition) is 5. The summed E-state index contributed by atoms with van der Waals surface area (Å²) in [5.41, 5.74) is 1.29. The molecule has 2 fully saturated rings. The van der Waals surface area contributed by atoms with E-state index in [4.69, 9.17) is 4.74 Å². The van der Waals surface area contributed by atoms with E-state index in [2.05, 4.69) is 39.1 Å². The summed E-state index contributed by atoms with van der Waals surface area (Å²) < 4.78 is 18.7. The van der Waals surface area contributed by atoms with Gasteiger partial charge in [-0.3, -0.25) is 4.79 Å². The molecule has 3 heterocycles. The van der Waals surface area contributed by atoms with Gasteiger partial charge in [-0.1, -0.05) is 30.3 Å². The molecule has 0 N–H and O–H groups in total. The van der Waals surface area contributed by atoms with E-state index in [9.17, 15) is 9.18 Å². The maximum absolute atomic E-state index is 13.7. The third kappa shape index (κ3) is 3.41. The van der Waals surface area contributed by atoms with Gasteiger partial charge in [0.1, 0.15) is 0 Å². The largest absolute Gasteiger partial charge is 0.479 e. The number of nitrogens with zero attached hydrogens (tertiary/aromatic N) is 4.